The van der Waals surface area contributed by atoms with Crippen LogP contribution in [-0.4, -0.2) is 25.2 Å². The maximum absolute atomic E-state index is 12.9. The minimum Gasteiger partial charge on any atom is -0.489 e. The third-order valence-electron chi connectivity index (χ3n) is 3.55. The topological polar surface area (TPSA) is 69.4 Å². The molecule has 0 heterocycles. The molecule has 1 atom stereocenters. The minimum absolute atomic E-state index is 0. The second-order valence-electron chi connectivity index (χ2n) is 5.77. The van der Waals surface area contributed by atoms with Crippen LogP contribution in [-0.2, 0) is 6.54 Å². The number of aliphatic imine (C=N–C) groups is 1. The lowest BCUT2D eigenvalue weighted by Crippen LogP contribution is -2.41. The summed E-state index contributed by atoms with van der Waals surface area (Å²) in [5.74, 6) is 1.03. The van der Waals surface area contributed by atoms with Crippen LogP contribution in [0.4, 0.5) is 4.39 Å². The molecule has 27 heavy (non-hydrogen) atoms. The average Bonchev–Trinajstić information content (AvgIpc) is 2.66. The summed E-state index contributed by atoms with van der Waals surface area (Å²) in [4.78, 5) is 4.54. The van der Waals surface area contributed by atoms with Crippen molar-refractivity contribution in [2.24, 2.45) is 4.99 Å². The molecule has 2 rings (SSSR count). The quantitative estimate of drug-likeness (QED) is 0.358. The number of hydrogen-bond donors (Lipinski definition) is 2. The number of halogens is 2. The number of hydrogen-bond acceptors (Lipinski definition) is 3. The highest BCUT2D eigenvalue weighted by Crippen LogP contribution is 2.12. The van der Waals surface area contributed by atoms with Gasteiger partial charge < -0.3 is 15.4 Å². The van der Waals surface area contributed by atoms with Crippen LogP contribution in [0.25, 0.3) is 0 Å². The number of guanidine groups is 1. The van der Waals surface area contributed by atoms with Crippen LogP contribution in [0, 0.1) is 17.1 Å². The Morgan fingerprint density at radius 3 is 2.41 bits per heavy atom. The standard InChI is InChI=1S/C20H23FN4O.HI/c1-3-23-20(25-14-17-6-4-16(12-22)5-7-17)24-13-15(2)26-19-10-8-18(21)9-11-19;/h4-11,15H,3,13-14H2,1-2H3,(H2,23,24,25);1H. The number of ether oxygens (including phenoxy) is 1. The summed E-state index contributed by atoms with van der Waals surface area (Å²) < 4.78 is 18.7. The van der Waals surface area contributed by atoms with Gasteiger partial charge in [0.25, 0.3) is 0 Å². The van der Waals surface area contributed by atoms with Gasteiger partial charge in [-0.1, -0.05) is 12.1 Å². The molecule has 0 radical (unpaired) electrons. The molecule has 5 nitrogen and oxygen atoms in total. The molecular formula is C20H24FIN4O. The first-order chi connectivity index (χ1) is 12.6. The molecule has 0 bridgehead atoms. The smallest absolute Gasteiger partial charge is 0.191 e. The van der Waals surface area contributed by atoms with Crippen LogP contribution < -0.4 is 15.4 Å². The van der Waals surface area contributed by atoms with Crippen LogP contribution in [0.3, 0.4) is 0 Å². The summed E-state index contributed by atoms with van der Waals surface area (Å²) in [6, 6.07) is 15.4. The summed E-state index contributed by atoms with van der Waals surface area (Å²) in [5.41, 5.74) is 1.66. The number of nitrogens with one attached hydrogen (secondary N) is 2. The molecule has 1 unspecified atom stereocenters. The highest BCUT2D eigenvalue weighted by molar-refractivity contribution is 14.0. The van der Waals surface area contributed by atoms with Gasteiger partial charge in [0, 0.05) is 6.54 Å². The maximum Gasteiger partial charge on any atom is 0.191 e. The largest absolute Gasteiger partial charge is 0.489 e. The zero-order chi connectivity index (χ0) is 18.8. The third-order valence-corrected chi connectivity index (χ3v) is 3.55. The van der Waals surface area contributed by atoms with Crippen molar-refractivity contribution in [1.82, 2.24) is 10.6 Å². The van der Waals surface area contributed by atoms with E-state index in [0.29, 0.717) is 30.4 Å². The fourth-order valence-electron chi connectivity index (χ4n) is 2.22. The number of rotatable bonds is 7. The lowest BCUT2D eigenvalue weighted by atomic mass is 10.1. The molecule has 0 aromatic heterocycles. The molecular weight excluding hydrogens is 458 g/mol. The van der Waals surface area contributed by atoms with Crippen LogP contribution in [0.15, 0.2) is 53.5 Å². The zero-order valence-electron chi connectivity index (χ0n) is 15.4. The Labute approximate surface area is 176 Å². The Morgan fingerprint density at radius 1 is 1.15 bits per heavy atom. The van der Waals surface area contributed by atoms with E-state index < -0.39 is 0 Å². The lowest BCUT2D eigenvalue weighted by Gasteiger charge is -2.17. The highest BCUT2D eigenvalue weighted by atomic mass is 127. The van der Waals surface area contributed by atoms with Gasteiger partial charge in [0.1, 0.15) is 17.7 Å². The predicted molar refractivity (Wildman–Crippen MR) is 116 cm³/mol. The van der Waals surface area contributed by atoms with E-state index in [0.717, 1.165) is 12.1 Å². The van der Waals surface area contributed by atoms with Crippen LogP contribution in [0.2, 0.25) is 0 Å². The van der Waals surface area contributed by atoms with Gasteiger partial charge in [-0.2, -0.15) is 5.26 Å². The average molecular weight is 482 g/mol. The van der Waals surface area contributed by atoms with Gasteiger partial charge >= 0.3 is 0 Å². The molecule has 2 N–H and O–H groups in total. The molecule has 0 amide bonds. The van der Waals surface area contributed by atoms with Gasteiger partial charge in [-0.3, -0.25) is 0 Å². The summed E-state index contributed by atoms with van der Waals surface area (Å²) in [5, 5.41) is 15.2. The van der Waals surface area contributed by atoms with Gasteiger partial charge in [0.15, 0.2) is 5.96 Å². The van der Waals surface area contributed by atoms with E-state index in [4.69, 9.17) is 10.00 Å². The molecule has 2 aromatic rings. The van der Waals surface area contributed by atoms with E-state index >= 15 is 0 Å². The molecule has 0 fully saturated rings. The predicted octanol–water partition coefficient (Wildman–Crippen LogP) is 3.84. The normalized spacial score (nSPS) is 11.7. The number of nitrogens with zero attached hydrogens (tertiary/aromatic N) is 2. The van der Waals surface area contributed by atoms with E-state index in [-0.39, 0.29) is 35.9 Å². The van der Waals surface area contributed by atoms with Crippen molar-refractivity contribution >= 4 is 29.9 Å². The fourth-order valence-corrected chi connectivity index (χ4v) is 2.22. The van der Waals surface area contributed by atoms with Crippen molar-refractivity contribution in [3.63, 3.8) is 0 Å². The molecule has 0 saturated carbocycles. The van der Waals surface area contributed by atoms with E-state index in [1.54, 1.807) is 24.3 Å². The minimum atomic E-state index is -0.285. The Kier molecular flexibility index (Phi) is 10.2. The first kappa shape index (κ1) is 22.7. The van der Waals surface area contributed by atoms with Crippen molar-refractivity contribution < 1.29 is 9.13 Å². The Balaban J connectivity index is 0.00000364. The lowest BCUT2D eigenvalue weighted by molar-refractivity contribution is 0.223. The van der Waals surface area contributed by atoms with Crippen LogP contribution in [0.1, 0.15) is 25.0 Å². The molecule has 0 aliphatic heterocycles. The number of nitriles is 1. The summed E-state index contributed by atoms with van der Waals surface area (Å²) in [7, 11) is 0. The van der Waals surface area contributed by atoms with Gasteiger partial charge in [-0.05, 0) is 55.8 Å². The Bertz CT molecular complexity index is 757. The second-order valence-corrected chi connectivity index (χ2v) is 5.77. The van der Waals surface area contributed by atoms with Crippen LogP contribution in [0.5, 0.6) is 5.75 Å². The van der Waals surface area contributed by atoms with E-state index in [1.807, 2.05) is 26.0 Å². The van der Waals surface area contributed by atoms with Gasteiger partial charge in [-0.25, -0.2) is 9.38 Å². The molecule has 0 aliphatic carbocycles. The van der Waals surface area contributed by atoms with Crippen molar-refractivity contribution in [2.45, 2.75) is 26.5 Å². The number of benzene rings is 2. The first-order valence-corrected chi connectivity index (χ1v) is 8.54. The summed E-state index contributed by atoms with van der Waals surface area (Å²) >= 11 is 0. The molecule has 7 heteroatoms. The highest BCUT2D eigenvalue weighted by Gasteiger charge is 2.06. The summed E-state index contributed by atoms with van der Waals surface area (Å²) in [6.07, 6.45) is -0.112. The second kappa shape index (κ2) is 12.1. The SMILES string of the molecule is CCNC(=NCc1ccc(C#N)cc1)NCC(C)Oc1ccc(F)cc1.I. The summed E-state index contributed by atoms with van der Waals surface area (Å²) in [6.45, 7) is 5.73. The van der Waals surface area contributed by atoms with E-state index in [2.05, 4.69) is 21.7 Å². The Hall–Kier alpha value is -2.34. The van der Waals surface area contributed by atoms with Crippen LogP contribution >= 0.6 is 24.0 Å². The molecule has 0 saturated heterocycles. The monoisotopic (exact) mass is 482 g/mol. The zero-order valence-corrected chi connectivity index (χ0v) is 17.7. The molecule has 0 aliphatic rings. The first-order valence-electron chi connectivity index (χ1n) is 8.54. The van der Waals surface area contributed by atoms with Gasteiger partial charge in [0.2, 0.25) is 0 Å². The van der Waals surface area contributed by atoms with Crippen molar-refractivity contribution in [2.75, 3.05) is 13.1 Å². The fraction of sp³-hybridized carbons (Fsp3) is 0.300. The van der Waals surface area contributed by atoms with Gasteiger partial charge in [0.05, 0.1) is 24.7 Å². The molecule has 0 spiro atoms. The molecule has 144 valence electrons. The third kappa shape index (κ3) is 8.26. The molecule has 2 aromatic carbocycles. The van der Waals surface area contributed by atoms with Crippen molar-refractivity contribution in [1.29, 1.82) is 5.26 Å². The maximum atomic E-state index is 12.9. The van der Waals surface area contributed by atoms with Crippen molar-refractivity contribution in [3.05, 3.63) is 65.5 Å². The van der Waals surface area contributed by atoms with E-state index in [1.165, 1.54) is 12.1 Å². The Morgan fingerprint density at radius 2 is 1.81 bits per heavy atom. The van der Waals surface area contributed by atoms with Crippen molar-refractivity contribution in [3.8, 4) is 11.8 Å². The van der Waals surface area contributed by atoms with E-state index in [9.17, 15) is 4.39 Å². The van der Waals surface area contributed by atoms with Gasteiger partial charge in [-0.15, -0.1) is 24.0 Å².